The van der Waals surface area contributed by atoms with E-state index in [2.05, 4.69) is 5.73 Å². The largest absolute Gasteiger partial charge is 0.384 e. The number of allylic oxidation sites excluding steroid dienone is 1. The first-order chi connectivity index (χ1) is 3.39. The minimum Gasteiger partial charge on any atom is -0.384 e. The standard InChI is InChI=1S/C6H6O/c7-6-4-2-1-3-5-6/h1-2,4-7H. The van der Waals surface area contributed by atoms with Gasteiger partial charge in [0.15, 0.2) is 0 Å². The lowest BCUT2D eigenvalue weighted by atomic mass is 10.2. The highest BCUT2D eigenvalue weighted by Crippen LogP contribution is 1.91. The van der Waals surface area contributed by atoms with E-state index in [9.17, 15) is 0 Å². The van der Waals surface area contributed by atoms with Crippen LogP contribution in [0.2, 0.25) is 0 Å². The lowest BCUT2D eigenvalue weighted by Gasteiger charge is -1.93. The van der Waals surface area contributed by atoms with E-state index in [1.165, 1.54) is 0 Å². The minimum atomic E-state index is -0.412. The van der Waals surface area contributed by atoms with Crippen molar-refractivity contribution in [1.29, 1.82) is 0 Å². The van der Waals surface area contributed by atoms with Crippen molar-refractivity contribution in [3.05, 3.63) is 30.0 Å². The van der Waals surface area contributed by atoms with Crippen LogP contribution >= 0.6 is 0 Å². The molecule has 0 amide bonds. The molecular weight excluding hydrogens is 88.1 g/mol. The van der Waals surface area contributed by atoms with Crippen LogP contribution in [-0.4, -0.2) is 11.2 Å². The number of aliphatic hydroxyl groups is 1. The van der Waals surface area contributed by atoms with Gasteiger partial charge in [-0.3, -0.25) is 0 Å². The fourth-order valence-corrected chi connectivity index (χ4v) is 0.435. The first kappa shape index (κ1) is 4.38. The zero-order valence-corrected chi connectivity index (χ0v) is 3.83. The fraction of sp³-hybridized carbons (Fsp3) is 0.167. The summed E-state index contributed by atoms with van der Waals surface area (Å²) in [6.45, 7) is 0. The van der Waals surface area contributed by atoms with Crippen molar-refractivity contribution in [2.75, 3.05) is 0 Å². The molecule has 0 aromatic rings. The van der Waals surface area contributed by atoms with Crippen molar-refractivity contribution >= 4 is 0 Å². The maximum absolute atomic E-state index is 8.68. The molecule has 0 spiro atoms. The predicted octanol–water partition coefficient (Wildman–Crippen LogP) is 0.628. The first-order valence-corrected chi connectivity index (χ1v) is 2.17. The average molecular weight is 94.1 g/mol. The zero-order valence-electron chi connectivity index (χ0n) is 3.83. The highest BCUT2D eigenvalue weighted by Gasteiger charge is 1.88. The molecule has 0 fully saturated rings. The van der Waals surface area contributed by atoms with Gasteiger partial charge in [0.25, 0.3) is 0 Å². The van der Waals surface area contributed by atoms with E-state index in [0.29, 0.717) is 0 Å². The van der Waals surface area contributed by atoms with Crippen LogP contribution < -0.4 is 0 Å². The Labute approximate surface area is 42.3 Å². The topological polar surface area (TPSA) is 20.2 Å². The summed E-state index contributed by atoms with van der Waals surface area (Å²) in [5.41, 5.74) is 2.75. The van der Waals surface area contributed by atoms with E-state index in [0.717, 1.165) is 0 Å². The molecule has 36 valence electrons. The van der Waals surface area contributed by atoms with Gasteiger partial charge >= 0.3 is 0 Å². The number of hydrogen-bond acceptors (Lipinski definition) is 1. The van der Waals surface area contributed by atoms with Gasteiger partial charge in [0.1, 0.15) is 0 Å². The molecule has 7 heavy (non-hydrogen) atoms. The highest BCUT2D eigenvalue weighted by atomic mass is 16.3. The molecule has 0 saturated carbocycles. The van der Waals surface area contributed by atoms with E-state index in [1.54, 1.807) is 24.3 Å². The SMILES string of the molecule is OC1C=C=CC=C1. The summed E-state index contributed by atoms with van der Waals surface area (Å²) >= 11 is 0. The Morgan fingerprint density at radius 2 is 2.43 bits per heavy atom. The van der Waals surface area contributed by atoms with Crippen molar-refractivity contribution in [2.24, 2.45) is 0 Å². The Kier molecular flexibility index (Phi) is 1.12. The second-order valence-corrected chi connectivity index (χ2v) is 1.38. The van der Waals surface area contributed by atoms with Gasteiger partial charge in [0, 0.05) is 0 Å². The minimum absolute atomic E-state index is 0.412. The van der Waals surface area contributed by atoms with Gasteiger partial charge in [-0.25, -0.2) is 0 Å². The van der Waals surface area contributed by atoms with Crippen molar-refractivity contribution in [3.8, 4) is 0 Å². The Morgan fingerprint density at radius 3 is 2.71 bits per heavy atom. The Bertz CT molecular complexity index is 138. The van der Waals surface area contributed by atoms with Crippen molar-refractivity contribution in [3.63, 3.8) is 0 Å². The summed E-state index contributed by atoms with van der Waals surface area (Å²) in [6.07, 6.45) is 6.40. The van der Waals surface area contributed by atoms with Gasteiger partial charge in [0.2, 0.25) is 0 Å². The average Bonchev–Trinajstić information content (AvgIpc) is 1.69. The van der Waals surface area contributed by atoms with E-state index >= 15 is 0 Å². The molecule has 0 aromatic heterocycles. The molecule has 0 heterocycles. The summed E-state index contributed by atoms with van der Waals surface area (Å²) < 4.78 is 0. The van der Waals surface area contributed by atoms with Crippen LogP contribution in [-0.2, 0) is 0 Å². The summed E-state index contributed by atoms with van der Waals surface area (Å²) in [6, 6.07) is 0. The van der Waals surface area contributed by atoms with E-state index in [1.807, 2.05) is 0 Å². The zero-order chi connectivity index (χ0) is 5.11. The smallest absolute Gasteiger partial charge is 0.0979 e. The van der Waals surface area contributed by atoms with Gasteiger partial charge in [-0.2, -0.15) is 0 Å². The number of hydrogen-bond donors (Lipinski definition) is 1. The number of aliphatic hydroxyl groups excluding tert-OH is 1. The summed E-state index contributed by atoms with van der Waals surface area (Å²) in [7, 11) is 0. The fourth-order valence-electron chi connectivity index (χ4n) is 0.435. The molecular formula is C6H6O. The van der Waals surface area contributed by atoms with Gasteiger partial charge in [-0.1, -0.05) is 12.2 Å². The van der Waals surface area contributed by atoms with E-state index < -0.39 is 6.10 Å². The molecule has 0 bridgehead atoms. The normalized spacial score (nSPS) is 26.1. The summed E-state index contributed by atoms with van der Waals surface area (Å²) in [4.78, 5) is 0. The van der Waals surface area contributed by atoms with E-state index in [4.69, 9.17) is 5.11 Å². The number of rotatable bonds is 0. The third-order valence-corrected chi connectivity index (χ3v) is 0.768. The molecule has 1 atom stereocenters. The van der Waals surface area contributed by atoms with Crippen molar-refractivity contribution in [1.82, 2.24) is 0 Å². The lowest BCUT2D eigenvalue weighted by Crippen LogP contribution is -1.95. The highest BCUT2D eigenvalue weighted by molar-refractivity contribution is 5.14. The van der Waals surface area contributed by atoms with E-state index in [-0.39, 0.29) is 0 Å². The molecule has 0 radical (unpaired) electrons. The lowest BCUT2D eigenvalue weighted by molar-refractivity contribution is 0.271. The molecule has 1 nitrogen and oxygen atoms in total. The monoisotopic (exact) mass is 94.0 g/mol. The Balaban J connectivity index is 2.77. The summed E-state index contributed by atoms with van der Waals surface area (Å²) in [5, 5.41) is 8.68. The second-order valence-electron chi connectivity index (χ2n) is 1.38. The van der Waals surface area contributed by atoms with Crippen LogP contribution in [0.25, 0.3) is 0 Å². The second kappa shape index (κ2) is 1.78. The van der Waals surface area contributed by atoms with Crippen LogP contribution in [0.15, 0.2) is 30.0 Å². The molecule has 1 N–H and O–H groups in total. The maximum Gasteiger partial charge on any atom is 0.0979 e. The molecule has 1 aliphatic rings. The third kappa shape index (κ3) is 1.04. The predicted molar refractivity (Wildman–Crippen MR) is 27.8 cm³/mol. The van der Waals surface area contributed by atoms with Crippen molar-refractivity contribution in [2.45, 2.75) is 6.10 Å². The van der Waals surface area contributed by atoms with Gasteiger partial charge < -0.3 is 5.11 Å². The van der Waals surface area contributed by atoms with Crippen LogP contribution in [0.5, 0.6) is 0 Å². The molecule has 1 heteroatoms. The molecule has 0 saturated heterocycles. The first-order valence-electron chi connectivity index (χ1n) is 2.17. The van der Waals surface area contributed by atoms with Crippen LogP contribution in [0, 0.1) is 0 Å². The molecule has 0 aromatic carbocycles. The van der Waals surface area contributed by atoms with Crippen LogP contribution in [0.4, 0.5) is 0 Å². The van der Waals surface area contributed by atoms with Gasteiger partial charge in [-0.05, 0) is 12.2 Å². The van der Waals surface area contributed by atoms with Crippen LogP contribution in [0.3, 0.4) is 0 Å². The third-order valence-electron chi connectivity index (χ3n) is 0.768. The maximum atomic E-state index is 8.68. The van der Waals surface area contributed by atoms with Gasteiger partial charge in [0.05, 0.1) is 6.10 Å². The molecule has 0 aliphatic heterocycles. The summed E-state index contributed by atoms with van der Waals surface area (Å²) in [5.74, 6) is 0. The Hall–Kier alpha value is -0.780. The quantitative estimate of drug-likeness (QED) is 0.436. The van der Waals surface area contributed by atoms with Crippen LogP contribution in [0.1, 0.15) is 0 Å². The molecule has 1 unspecified atom stereocenters. The Morgan fingerprint density at radius 1 is 1.57 bits per heavy atom. The molecule has 1 aliphatic carbocycles. The van der Waals surface area contributed by atoms with Crippen molar-refractivity contribution < 1.29 is 5.11 Å². The van der Waals surface area contributed by atoms with Gasteiger partial charge in [-0.15, -0.1) is 5.73 Å². The molecule has 1 rings (SSSR count).